The third-order valence-electron chi connectivity index (χ3n) is 2.73. The smallest absolute Gasteiger partial charge is 0.347 e. The van der Waals surface area contributed by atoms with Gasteiger partial charge >= 0.3 is 5.97 Å². The average Bonchev–Trinajstić information content (AvgIpc) is 2.73. The van der Waals surface area contributed by atoms with Crippen LogP contribution in [0.3, 0.4) is 0 Å². The molecule has 1 N–H and O–H groups in total. The molecule has 1 saturated heterocycles. The van der Waals surface area contributed by atoms with Crippen LogP contribution < -0.4 is 4.90 Å². The van der Waals surface area contributed by atoms with Crippen molar-refractivity contribution in [3.63, 3.8) is 0 Å². The predicted molar refractivity (Wildman–Crippen MR) is 66.1 cm³/mol. The van der Waals surface area contributed by atoms with E-state index in [0.29, 0.717) is 23.6 Å². The first-order valence-corrected chi connectivity index (χ1v) is 6.53. The van der Waals surface area contributed by atoms with E-state index >= 15 is 0 Å². The lowest BCUT2D eigenvalue weighted by molar-refractivity contribution is 0.0532. The molecule has 17 heavy (non-hydrogen) atoms. The second-order valence-corrected chi connectivity index (χ2v) is 5.04. The summed E-state index contributed by atoms with van der Waals surface area (Å²) in [6, 6.07) is 0. The summed E-state index contributed by atoms with van der Waals surface area (Å²) in [6.45, 7) is 6.16. The zero-order valence-corrected chi connectivity index (χ0v) is 10.8. The number of nitrogens with zero attached hydrogens (tertiary/aromatic N) is 2. The zero-order chi connectivity index (χ0) is 12.4. The summed E-state index contributed by atoms with van der Waals surface area (Å²) < 4.78 is 5.46. The highest BCUT2D eigenvalue weighted by atomic mass is 32.1. The highest BCUT2D eigenvalue weighted by Crippen LogP contribution is 2.28. The minimum Gasteiger partial charge on any atom is -0.477 e. The summed E-state index contributed by atoms with van der Waals surface area (Å²) in [6.07, 6.45) is 0.823. The van der Waals surface area contributed by atoms with Crippen LogP contribution in [0.2, 0.25) is 0 Å². The van der Waals surface area contributed by atoms with Crippen molar-refractivity contribution in [3.8, 4) is 0 Å². The van der Waals surface area contributed by atoms with Crippen molar-refractivity contribution in [2.75, 3.05) is 24.6 Å². The van der Waals surface area contributed by atoms with Crippen LogP contribution in [0, 0.1) is 0 Å². The van der Waals surface area contributed by atoms with Crippen molar-refractivity contribution < 1.29 is 14.6 Å². The quantitative estimate of drug-likeness (QED) is 0.890. The molecule has 1 aliphatic rings. The second kappa shape index (κ2) is 5.01. The molecule has 0 amide bonds. The molecule has 0 bridgehead atoms. The van der Waals surface area contributed by atoms with Gasteiger partial charge in [0.25, 0.3) is 0 Å². The van der Waals surface area contributed by atoms with Gasteiger partial charge in [0.05, 0.1) is 18.4 Å². The van der Waals surface area contributed by atoms with Crippen LogP contribution in [0.4, 0.5) is 5.13 Å². The van der Waals surface area contributed by atoms with E-state index in [1.165, 1.54) is 11.3 Å². The van der Waals surface area contributed by atoms with Crippen molar-refractivity contribution in [2.45, 2.75) is 26.4 Å². The number of ether oxygens (including phenoxy) is 1. The molecule has 0 saturated carbocycles. The van der Waals surface area contributed by atoms with E-state index < -0.39 is 5.97 Å². The number of thiazole rings is 1. The Morgan fingerprint density at radius 3 is 3.00 bits per heavy atom. The molecule has 94 valence electrons. The van der Waals surface area contributed by atoms with Gasteiger partial charge in [-0.3, -0.25) is 0 Å². The van der Waals surface area contributed by atoms with E-state index in [1.54, 1.807) is 0 Å². The van der Waals surface area contributed by atoms with Gasteiger partial charge in [-0.1, -0.05) is 18.3 Å². The van der Waals surface area contributed by atoms with Gasteiger partial charge in [0.15, 0.2) is 5.13 Å². The SMILES string of the molecule is CCc1nc(N2CCOC(C)C2)sc1C(=O)O. The number of rotatable bonds is 3. The molecule has 1 aliphatic heterocycles. The molecule has 2 heterocycles. The number of hydrogen-bond donors (Lipinski definition) is 1. The number of anilines is 1. The Kier molecular flexibility index (Phi) is 3.63. The molecule has 0 radical (unpaired) electrons. The van der Waals surface area contributed by atoms with Crippen molar-refractivity contribution >= 4 is 22.4 Å². The summed E-state index contributed by atoms with van der Waals surface area (Å²) in [5.41, 5.74) is 0.677. The van der Waals surface area contributed by atoms with Gasteiger partial charge in [-0.05, 0) is 13.3 Å². The fraction of sp³-hybridized carbons (Fsp3) is 0.636. The average molecular weight is 256 g/mol. The number of aromatic nitrogens is 1. The molecule has 1 aromatic heterocycles. The molecule has 6 heteroatoms. The lowest BCUT2D eigenvalue weighted by atomic mass is 10.3. The lowest BCUT2D eigenvalue weighted by Gasteiger charge is -2.30. The first kappa shape index (κ1) is 12.3. The fourth-order valence-electron chi connectivity index (χ4n) is 1.87. The van der Waals surface area contributed by atoms with Crippen molar-refractivity contribution in [3.05, 3.63) is 10.6 Å². The number of carboxylic acid groups (broad SMARTS) is 1. The van der Waals surface area contributed by atoms with Gasteiger partial charge < -0.3 is 14.7 Å². The van der Waals surface area contributed by atoms with Gasteiger partial charge in [-0.15, -0.1) is 0 Å². The van der Waals surface area contributed by atoms with Crippen LogP contribution in [-0.2, 0) is 11.2 Å². The largest absolute Gasteiger partial charge is 0.477 e. The maximum Gasteiger partial charge on any atom is 0.347 e. The number of hydrogen-bond acceptors (Lipinski definition) is 5. The van der Waals surface area contributed by atoms with Crippen molar-refractivity contribution in [1.82, 2.24) is 4.98 Å². The molecular formula is C11H16N2O3S. The number of aromatic carboxylic acids is 1. The Morgan fingerprint density at radius 1 is 1.71 bits per heavy atom. The Morgan fingerprint density at radius 2 is 2.47 bits per heavy atom. The number of carboxylic acids is 1. The van der Waals surface area contributed by atoms with E-state index in [0.717, 1.165) is 18.2 Å². The van der Waals surface area contributed by atoms with Crippen LogP contribution in [-0.4, -0.2) is 41.9 Å². The molecule has 1 atom stereocenters. The van der Waals surface area contributed by atoms with E-state index in [-0.39, 0.29) is 6.10 Å². The minimum absolute atomic E-state index is 0.172. The third-order valence-corrected chi connectivity index (χ3v) is 3.87. The molecule has 1 aromatic rings. The van der Waals surface area contributed by atoms with Crippen LogP contribution in [0.1, 0.15) is 29.2 Å². The summed E-state index contributed by atoms with van der Waals surface area (Å²) in [5.74, 6) is -0.882. The Hall–Kier alpha value is -1.14. The van der Waals surface area contributed by atoms with Gasteiger partial charge in [0.1, 0.15) is 4.88 Å². The maximum atomic E-state index is 11.1. The standard InChI is InChI=1S/C11H16N2O3S/c1-3-8-9(10(14)15)17-11(12-8)13-4-5-16-7(2)6-13/h7H,3-6H2,1-2H3,(H,14,15). The first-order valence-electron chi connectivity index (χ1n) is 5.71. The molecule has 0 aliphatic carbocycles. The van der Waals surface area contributed by atoms with Crippen molar-refractivity contribution in [1.29, 1.82) is 0 Å². The molecule has 5 nitrogen and oxygen atoms in total. The number of morpholine rings is 1. The van der Waals surface area contributed by atoms with E-state index in [9.17, 15) is 4.79 Å². The van der Waals surface area contributed by atoms with Gasteiger partial charge in [-0.25, -0.2) is 9.78 Å². The van der Waals surface area contributed by atoms with E-state index in [2.05, 4.69) is 9.88 Å². The van der Waals surface area contributed by atoms with Crippen LogP contribution in [0.5, 0.6) is 0 Å². The van der Waals surface area contributed by atoms with Gasteiger partial charge in [0, 0.05) is 13.1 Å². The van der Waals surface area contributed by atoms with E-state index in [1.807, 2.05) is 13.8 Å². The number of carbonyl (C=O) groups is 1. The summed E-state index contributed by atoms with van der Waals surface area (Å²) in [7, 11) is 0. The van der Waals surface area contributed by atoms with Crippen molar-refractivity contribution in [2.24, 2.45) is 0 Å². The Labute approximate surface area is 104 Å². The second-order valence-electron chi connectivity index (χ2n) is 4.06. The zero-order valence-electron chi connectivity index (χ0n) is 9.97. The normalized spacial score (nSPS) is 20.6. The summed E-state index contributed by atoms with van der Waals surface area (Å²) >= 11 is 1.26. The number of aryl methyl sites for hydroxylation is 1. The fourth-order valence-corrected chi connectivity index (χ4v) is 2.90. The molecule has 1 unspecified atom stereocenters. The van der Waals surface area contributed by atoms with Gasteiger partial charge in [-0.2, -0.15) is 0 Å². The minimum atomic E-state index is -0.882. The Balaban J connectivity index is 2.23. The molecule has 0 spiro atoms. The molecule has 2 rings (SSSR count). The first-order chi connectivity index (χ1) is 8.11. The topological polar surface area (TPSA) is 62.7 Å². The molecular weight excluding hydrogens is 240 g/mol. The molecule has 1 fully saturated rings. The Bertz CT molecular complexity index is 419. The van der Waals surface area contributed by atoms with Crippen LogP contribution >= 0.6 is 11.3 Å². The summed E-state index contributed by atoms with van der Waals surface area (Å²) in [4.78, 5) is 17.9. The summed E-state index contributed by atoms with van der Waals surface area (Å²) in [5, 5.41) is 9.89. The lowest BCUT2D eigenvalue weighted by Crippen LogP contribution is -2.41. The third kappa shape index (κ3) is 2.58. The highest BCUT2D eigenvalue weighted by Gasteiger charge is 2.23. The maximum absolute atomic E-state index is 11.1. The predicted octanol–water partition coefficient (Wildman–Crippen LogP) is 1.63. The molecule has 0 aromatic carbocycles. The van der Waals surface area contributed by atoms with Gasteiger partial charge in [0.2, 0.25) is 0 Å². The van der Waals surface area contributed by atoms with Crippen LogP contribution in [0.15, 0.2) is 0 Å². The highest BCUT2D eigenvalue weighted by molar-refractivity contribution is 7.17. The van der Waals surface area contributed by atoms with Crippen LogP contribution in [0.25, 0.3) is 0 Å². The van der Waals surface area contributed by atoms with E-state index in [4.69, 9.17) is 9.84 Å². The monoisotopic (exact) mass is 256 g/mol.